The average Bonchev–Trinajstić information content (AvgIpc) is 2.39. The summed E-state index contributed by atoms with van der Waals surface area (Å²) in [5, 5.41) is 8.86. The lowest BCUT2D eigenvalue weighted by molar-refractivity contribution is 0.687. The van der Waals surface area contributed by atoms with Crippen molar-refractivity contribution in [3.05, 3.63) is 54.1 Å². The Bertz CT molecular complexity index is 599. The Balaban J connectivity index is 2.63. The Labute approximate surface area is 103 Å². The molecule has 0 spiro atoms. The van der Waals surface area contributed by atoms with Gasteiger partial charge in [0.2, 0.25) is 0 Å². The second kappa shape index (κ2) is 4.94. The van der Waals surface area contributed by atoms with Gasteiger partial charge in [0.25, 0.3) is 0 Å². The fourth-order valence-corrected chi connectivity index (χ4v) is 2.47. The predicted molar refractivity (Wildman–Crippen MR) is 68.9 cm³/mol. The molecule has 0 saturated carbocycles. The Hall–Kier alpha value is -1.92. The van der Waals surface area contributed by atoms with Crippen molar-refractivity contribution in [3.63, 3.8) is 0 Å². The molecule has 0 aliphatic carbocycles. The first kappa shape index (κ1) is 11.6. The predicted octanol–water partition coefficient (Wildman–Crippen LogP) is 2.96. The van der Waals surface area contributed by atoms with E-state index in [1.54, 1.807) is 18.4 Å². The highest BCUT2D eigenvalue weighted by Gasteiger charge is 2.09. The van der Waals surface area contributed by atoms with Crippen LogP contribution in [0.15, 0.2) is 53.4 Å². The molecule has 1 atom stereocenters. The Morgan fingerprint density at radius 3 is 2.41 bits per heavy atom. The molecule has 17 heavy (non-hydrogen) atoms. The van der Waals surface area contributed by atoms with Gasteiger partial charge in [0.15, 0.2) is 0 Å². The number of nitrogens with zero attached hydrogens (tertiary/aromatic N) is 1. The lowest BCUT2D eigenvalue weighted by Crippen LogP contribution is -1.93. The van der Waals surface area contributed by atoms with Crippen LogP contribution in [-0.2, 0) is 10.8 Å². The van der Waals surface area contributed by atoms with E-state index in [4.69, 9.17) is 5.26 Å². The molecule has 0 saturated heterocycles. The summed E-state index contributed by atoms with van der Waals surface area (Å²) in [4.78, 5) is 0.704. The SMILES string of the molecule is CS(=O)c1cc(C#N)ccc1-c1ccccc1. The van der Waals surface area contributed by atoms with E-state index in [0.29, 0.717) is 10.5 Å². The maximum absolute atomic E-state index is 11.7. The van der Waals surface area contributed by atoms with E-state index >= 15 is 0 Å². The first-order valence-electron chi connectivity index (χ1n) is 5.15. The molecular formula is C14H11NOS. The smallest absolute Gasteiger partial charge is 0.0992 e. The van der Waals surface area contributed by atoms with Crippen molar-refractivity contribution in [2.75, 3.05) is 6.26 Å². The summed E-state index contributed by atoms with van der Waals surface area (Å²) in [5.74, 6) is 0. The van der Waals surface area contributed by atoms with Gasteiger partial charge in [0.1, 0.15) is 0 Å². The maximum Gasteiger partial charge on any atom is 0.0992 e. The highest BCUT2D eigenvalue weighted by Crippen LogP contribution is 2.26. The summed E-state index contributed by atoms with van der Waals surface area (Å²) in [7, 11) is -1.10. The summed E-state index contributed by atoms with van der Waals surface area (Å²) in [6, 6.07) is 17.1. The van der Waals surface area contributed by atoms with Crippen LogP contribution in [0.2, 0.25) is 0 Å². The van der Waals surface area contributed by atoms with E-state index < -0.39 is 10.8 Å². The third-order valence-electron chi connectivity index (χ3n) is 2.51. The number of benzene rings is 2. The third kappa shape index (κ3) is 2.43. The molecule has 3 heteroatoms. The van der Waals surface area contributed by atoms with Gasteiger partial charge in [-0.1, -0.05) is 36.4 Å². The van der Waals surface area contributed by atoms with Crippen molar-refractivity contribution in [1.29, 1.82) is 5.26 Å². The molecule has 0 aliphatic heterocycles. The monoisotopic (exact) mass is 241 g/mol. The fourth-order valence-electron chi connectivity index (χ4n) is 1.69. The van der Waals surface area contributed by atoms with Crippen molar-refractivity contribution in [2.24, 2.45) is 0 Å². The van der Waals surface area contributed by atoms with E-state index in [1.165, 1.54) is 0 Å². The molecule has 0 radical (unpaired) electrons. The minimum atomic E-state index is -1.10. The van der Waals surface area contributed by atoms with Crippen LogP contribution in [0.5, 0.6) is 0 Å². The Morgan fingerprint density at radius 2 is 1.82 bits per heavy atom. The van der Waals surface area contributed by atoms with E-state index in [0.717, 1.165) is 11.1 Å². The lowest BCUT2D eigenvalue weighted by atomic mass is 10.0. The van der Waals surface area contributed by atoms with Crippen LogP contribution in [0.4, 0.5) is 0 Å². The number of hydrogen-bond acceptors (Lipinski definition) is 2. The molecule has 0 amide bonds. The van der Waals surface area contributed by atoms with Crippen LogP contribution in [0, 0.1) is 11.3 Å². The van der Waals surface area contributed by atoms with E-state index in [-0.39, 0.29) is 0 Å². The van der Waals surface area contributed by atoms with Gasteiger partial charge in [0.05, 0.1) is 22.4 Å². The van der Waals surface area contributed by atoms with Crippen LogP contribution >= 0.6 is 0 Å². The quantitative estimate of drug-likeness (QED) is 0.811. The zero-order valence-corrected chi connectivity index (χ0v) is 10.2. The summed E-state index contributed by atoms with van der Waals surface area (Å²) in [5.41, 5.74) is 2.47. The molecule has 2 rings (SSSR count). The number of nitriles is 1. The first-order chi connectivity index (χ1) is 8.22. The number of hydrogen-bond donors (Lipinski definition) is 0. The van der Waals surface area contributed by atoms with Crippen molar-refractivity contribution in [3.8, 4) is 17.2 Å². The van der Waals surface area contributed by atoms with Gasteiger partial charge >= 0.3 is 0 Å². The van der Waals surface area contributed by atoms with Crippen LogP contribution in [-0.4, -0.2) is 10.5 Å². The largest absolute Gasteiger partial charge is 0.255 e. The molecular weight excluding hydrogens is 230 g/mol. The van der Waals surface area contributed by atoms with Crippen molar-refractivity contribution >= 4 is 10.8 Å². The zero-order valence-electron chi connectivity index (χ0n) is 9.38. The van der Waals surface area contributed by atoms with Gasteiger partial charge in [-0.05, 0) is 23.3 Å². The molecule has 0 aliphatic rings. The number of rotatable bonds is 2. The molecule has 84 valence electrons. The summed E-state index contributed by atoms with van der Waals surface area (Å²) >= 11 is 0. The van der Waals surface area contributed by atoms with Crippen molar-refractivity contribution in [1.82, 2.24) is 0 Å². The van der Waals surface area contributed by atoms with Crippen LogP contribution in [0.3, 0.4) is 0 Å². The van der Waals surface area contributed by atoms with Gasteiger partial charge < -0.3 is 0 Å². The second-order valence-electron chi connectivity index (χ2n) is 3.64. The van der Waals surface area contributed by atoms with Crippen molar-refractivity contribution < 1.29 is 4.21 Å². The van der Waals surface area contributed by atoms with Crippen LogP contribution in [0.25, 0.3) is 11.1 Å². The van der Waals surface area contributed by atoms with Gasteiger partial charge in [0, 0.05) is 11.2 Å². The topological polar surface area (TPSA) is 40.9 Å². The Kier molecular flexibility index (Phi) is 3.36. The second-order valence-corrected chi connectivity index (χ2v) is 4.99. The molecule has 0 N–H and O–H groups in total. The maximum atomic E-state index is 11.7. The zero-order chi connectivity index (χ0) is 12.3. The summed E-state index contributed by atoms with van der Waals surface area (Å²) in [6.45, 7) is 0. The van der Waals surface area contributed by atoms with Gasteiger partial charge in [-0.2, -0.15) is 5.26 Å². The normalized spacial score (nSPS) is 11.8. The molecule has 0 aromatic heterocycles. The summed E-state index contributed by atoms with van der Waals surface area (Å²) < 4.78 is 11.7. The average molecular weight is 241 g/mol. The molecule has 1 unspecified atom stereocenters. The molecule has 0 fully saturated rings. The van der Waals surface area contributed by atoms with Gasteiger partial charge in [-0.3, -0.25) is 4.21 Å². The fraction of sp³-hybridized carbons (Fsp3) is 0.0714. The van der Waals surface area contributed by atoms with Crippen LogP contribution < -0.4 is 0 Å². The summed E-state index contributed by atoms with van der Waals surface area (Å²) in [6.07, 6.45) is 1.63. The van der Waals surface area contributed by atoms with E-state index in [9.17, 15) is 4.21 Å². The minimum Gasteiger partial charge on any atom is -0.255 e. The first-order valence-corrected chi connectivity index (χ1v) is 6.71. The lowest BCUT2D eigenvalue weighted by Gasteiger charge is -2.07. The minimum absolute atomic E-state index is 0.537. The molecule has 0 heterocycles. The standard InChI is InChI=1S/C14H11NOS/c1-17(16)14-9-11(10-15)7-8-13(14)12-5-3-2-4-6-12/h2-9H,1H3. The van der Waals surface area contributed by atoms with Gasteiger partial charge in [-0.15, -0.1) is 0 Å². The van der Waals surface area contributed by atoms with E-state index in [1.807, 2.05) is 36.4 Å². The van der Waals surface area contributed by atoms with Crippen LogP contribution in [0.1, 0.15) is 5.56 Å². The Morgan fingerprint density at radius 1 is 1.12 bits per heavy atom. The molecule has 2 nitrogen and oxygen atoms in total. The third-order valence-corrected chi connectivity index (χ3v) is 3.46. The molecule has 2 aromatic carbocycles. The highest BCUT2D eigenvalue weighted by molar-refractivity contribution is 7.84. The highest BCUT2D eigenvalue weighted by atomic mass is 32.2. The van der Waals surface area contributed by atoms with Crippen molar-refractivity contribution in [2.45, 2.75) is 4.90 Å². The van der Waals surface area contributed by atoms with Gasteiger partial charge in [-0.25, -0.2) is 0 Å². The molecule has 0 bridgehead atoms. The van der Waals surface area contributed by atoms with E-state index in [2.05, 4.69) is 6.07 Å². The molecule has 2 aromatic rings.